The molecule has 0 aromatic heterocycles. The minimum atomic E-state index is 0.691. The Kier molecular flexibility index (Phi) is 6.92. The van der Waals surface area contributed by atoms with Crippen LogP contribution in [0.3, 0.4) is 0 Å². The number of fused-ring (bicyclic) bond motifs is 3. The molecule has 0 N–H and O–H groups in total. The second-order valence-corrected chi connectivity index (χ2v) is 12.5. The lowest BCUT2D eigenvalue weighted by molar-refractivity contribution is 0.578. The molecule has 3 nitrogen and oxygen atoms in total. The van der Waals surface area contributed by atoms with E-state index in [9.17, 15) is 5.26 Å². The fourth-order valence-corrected chi connectivity index (χ4v) is 7.66. The molecule has 2 saturated heterocycles. The van der Waals surface area contributed by atoms with Gasteiger partial charge in [-0.15, -0.1) is 0 Å². The van der Waals surface area contributed by atoms with Crippen LogP contribution in [-0.4, -0.2) is 26.2 Å². The molecule has 6 aromatic rings. The normalized spacial score (nSPS) is 15.6. The summed E-state index contributed by atoms with van der Waals surface area (Å²) in [5.41, 5.74) is 8.32. The van der Waals surface area contributed by atoms with E-state index >= 15 is 0 Å². The molecule has 44 heavy (non-hydrogen) atoms. The number of benzene rings is 6. The van der Waals surface area contributed by atoms with Gasteiger partial charge in [0.05, 0.1) is 11.6 Å². The van der Waals surface area contributed by atoms with Gasteiger partial charge in [0.25, 0.3) is 0 Å². The Morgan fingerprint density at radius 2 is 1.05 bits per heavy atom. The van der Waals surface area contributed by atoms with Gasteiger partial charge in [-0.3, -0.25) is 0 Å². The van der Waals surface area contributed by atoms with Crippen molar-refractivity contribution in [3.63, 3.8) is 0 Å². The fourth-order valence-electron chi connectivity index (χ4n) is 7.66. The van der Waals surface area contributed by atoms with E-state index in [1.54, 1.807) is 0 Å². The van der Waals surface area contributed by atoms with Crippen molar-refractivity contribution in [2.45, 2.75) is 38.5 Å². The Morgan fingerprint density at radius 3 is 1.68 bits per heavy atom. The zero-order chi connectivity index (χ0) is 29.5. The largest absolute Gasteiger partial charge is 0.372 e. The number of nitriles is 1. The molecule has 0 radical (unpaired) electrons. The first kappa shape index (κ1) is 26.8. The smallest absolute Gasteiger partial charge is 0.0991 e. The topological polar surface area (TPSA) is 30.3 Å². The van der Waals surface area contributed by atoms with Gasteiger partial charge in [0.15, 0.2) is 0 Å². The molecule has 0 atom stereocenters. The highest BCUT2D eigenvalue weighted by Gasteiger charge is 2.22. The quantitative estimate of drug-likeness (QED) is 0.197. The zero-order valence-corrected chi connectivity index (χ0v) is 25.2. The number of anilines is 2. The third kappa shape index (κ3) is 4.66. The fraction of sp³-hybridized carbons (Fsp3) is 0.244. The maximum absolute atomic E-state index is 9.57. The highest BCUT2D eigenvalue weighted by Crippen LogP contribution is 2.47. The van der Waals surface area contributed by atoms with Crippen molar-refractivity contribution in [1.29, 1.82) is 5.26 Å². The highest BCUT2D eigenvalue weighted by atomic mass is 15.1. The third-order valence-electron chi connectivity index (χ3n) is 9.89. The summed E-state index contributed by atoms with van der Waals surface area (Å²) in [7, 11) is 0. The van der Waals surface area contributed by atoms with Gasteiger partial charge in [-0.25, -0.2) is 0 Å². The van der Waals surface area contributed by atoms with Crippen molar-refractivity contribution >= 4 is 43.7 Å². The van der Waals surface area contributed by atoms with Crippen LogP contribution in [-0.2, 0) is 0 Å². The standard InChI is InChI=1S/C41H37N3/c42-28-29-14-16-31(17-15-29)40-36-20-18-33(44-24-7-2-8-25-44)27-39(36)41(35-13-9-11-30-10-3-4-12-34(30)35)37-21-19-32(26-38(37)40)43-22-5-1-6-23-43/h3-4,9-21,26-27H,1-2,5-8,22-25H2. The first-order valence-electron chi connectivity index (χ1n) is 16.3. The van der Waals surface area contributed by atoms with E-state index in [4.69, 9.17) is 0 Å². The molecule has 0 amide bonds. The minimum absolute atomic E-state index is 0.691. The monoisotopic (exact) mass is 571 g/mol. The van der Waals surface area contributed by atoms with Crippen LogP contribution in [0, 0.1) is 11.3 Å². The Labute approximate surface area is 260 Å². The molecular weight excluding hydrogens is 534 g/mol. The minimum Gasteiger partial charge on any atom is -0.372 e. The van der Waals surface area contributed by atoms with Gasteiger partial charge in [0.1, 0.15) is 0 Å². The maximum atomic E-state index is 9.57. The Bertz CT molecular complexity index is 2030. The van der Waals surface area contributed by atoms with Crippen LogP contribution in [0.5, 0.6) is 0 Å². The molecular formula is C41H37N3. The van der Waals surface area contributed by atoms with Gasteiger partial charge in [0.2, 0.25) is 0 Å². The summed E-state index contributed by atoms with van der Waals surface area (Å²) >= 11 is 0. The molecule has 0 aliphatic carbocycles. The van der Waals surface area contributed by atoms with E-state index in [-0.39, 0.29) is 0 Å². The van der Waals surface area contributed by atoms with E-state index in [1.807, 2.05) is 12.1 Å². The SMILES string of the molecule is N#Cc1ccc(-c2c3cc(N4CCCCC4)ccc3c(-c3cccc4ccccc34)c3cc(N4CCCCC4)ccc23)cc1. The molecule has 216 valence electrons. The molecule has 3 heteroatoms. The number of rotatable bonds is 4. The summed E-state index contributed by atoms with van der Waals surface area (Å²) in [4.78, 5) is 5.13. The molecule has 2 fully saturated rings. The first-order valence-corrected chi connectivity index (χ1v) is 16.3. The van der Waals surface area contributed by atoms with Gasteiger partial charge in [-0.05, 0) is 129 Å². The second kappa shape index (κ2) is 11.4. The first-order chi connectivity index (χ1) is 21.8. The number of piperidine rings is 2. The average molecular weight is 572 g/mol. The highest BCUT2D eigenvalue weighted by molar-refractivity contribution is 6.24. The second-order valence-electron chi connectivity index (χ2n) is 12.5. The Balaban J connectivity index is 1.49. The lowest BCUT2D eigenvalue weighted by Gasteiger charge is -2.30. The Morgan fingerprint density at radius 1 is 0.477 bits per heavy atom. The lowest BCUT2D eigenvalue weighted by atomic mass is 9.84. The van der Waals surface area contributed by atoms with E-state index in [2.05, 4.69) is 107 Å². The van der Waals surface area contributed by atoms with E-state index < -0.39 is 0 Å². The van der Waals surface area contributed by atoms with Gasteiger partial charge in [-0.1, -0.05) is 66.7 Å². The predicted octanol–water partition coefficient (Wildman–Crippen LogP) is 10.3. The van der Waals surface area contributed by atoms with Crippen LogP contribution in [0.25, 0.3) is 54.6 Å². The predicted molar refractivity (Wildman–Crippen MR) is 187 cm³/mol. The van der Waals surface area contributed by atoms with Gasteiger partial charge >= 0.3 is 0 Å². The molecule has 6 aromatic carbocycles. The zero-order valence-electron chi connectivity index (χ0n) is 25.2. The number of hydrogen-bond acceptors (Lipinski definition) is 3. The summed E-state index contributed by atoms with van der Waals surface area (Å²) in [5.74, 6) is 0. The number of nitrogens with zero attached hydrogens (tertiary/aromatic N) is 3. The van der Waals surface area contributed by atoms with E-state index in [0.717, 1.165) is 31.7 Å². The molecule has 2 aliphatic rings. The van der Waals surface area contributed by atoms with Gasteiger partial charge in [0, 0.05) is 37.6 Å². The van der Waals surface area contributed by atoms with Crippen LogP contribution in [0.1, 0.15) is 44.1 Å². The van der Waals surface area contributed by atoms with Crippen molar-refractivity contribution in [2.24, 2.45) is 0 Å². The maximum Gasteiger partial charge on any atom is 0.0991 e. The molecule has 0 unspecified atom stereocenters. The average Bonchev–Trinajstić information content (AvgIpc) is 3.11. The van der Waals surface area contributed by atoms with Crippen LogP contribution in [0.15, 0.2) is 103 Å². The Hall–Kier alpha value is -4.81. The number of hydrogen-bond donors (Lipinski definition) is 0. The van der Waals surface area contributed by atoms with Crippen molar-refractivity contribution < 1.29 is 0 Å². The molecule has 0 spiro atoms. The summed E-state index contributed by atoms with van der Waals surface area (Å²) in [6, 6.07) is 40.4. The molecule has 2 aliphatic heterocycles. The van der Waals surface area contributed by atoms with Crippen molar-refractivity contribution in [3.8, 4) is 28.3 Å². The lowest BCUT2D eigenvalue weighted by Crippen LogP contribution is -2.29. The molecule has 0 bridgehead atoms. The van der Waals surface area contributed by atoms with Crippen molar-refractivity contribution in [1.82, 2.24) is 0 Å². The summed E-state index contributed by atoms with van der Waals surface area (Å²) < 4.78 is 0. The van der Waals surface area contributed by atoms with Gasteiger partial charge in [-0.2, -0.15) is 5.26 Å². The van der Waals surface area contributed by atoms with Crippen LogP contribution < -0.4 is 9.80 Å². The van der Waals surface area contributed by atoms with Crippen molar-refractivity contribution in [2.75, 3.05) is 36.0 Å². The van der Waals surface area contributed by atoms with Crippen LogP contribution in [0.4, 0.5) is 11.4 Å². The van der Waals surface area contributed by atoms with Gasteiger partial charge < -0.3 is 9.80 Å². The third-order valence-corrected chi connectivity index (χ3v) is 9.89. The summed E-state index contributed by atoms with van der Waals surface area (Å²) in [6.07, 6.45) is 7.63. The summed E-state index contributed by atoms with van der Waals surface area (Å²) in [5, 5.41) is 17.2. The van der Waals surface area contributed by atoms with Crippen LogP contribution in [0.2, 0.25) is 0 Å². The van der Waals surface area contributed by atoms with E-state index in [1.165, 1.54) is 98.9 Å². The van der Waals surface area contributed by atoms with Crippen molar-refractivity contribution in [3.05, 3.63) is 109 Å². The van der Waals surface area contributed by atoms with Crippen LogP contribution >= 0.6 is 0 Å². The molecule has 2 heterocycles. The molecule has 8 rings (SSSR count). The summed E-state index contributed by atoms with van der Waals surface area (Å²) in [6.45, 7) is 4.45. The van der Waals surface area contributed by atoms with E-state index in [0.29, 0.717) is 5.56 Å². The molecule has 0 saturated carbocycles.